The van der Waals surface area contributed by atoms with Crippen LogP contribution in [0.1, 0.15) is 303 Å². The fourth-order valence-electron chi connectivity index (χ4n) is 9.33. The quantitative estimate of drug-likeness (QED) is 0.0195. The van der Waals surface area contributed by atoms with Crippen LogP contribution in [0.4, 0.5) is 0 Å². The molecule has 0 aliphatic rings. The van der Waals surface area contributed by atoms with Gasteiger partial charge >= 0.3 is 11.9 Å². The summed E-state index contributed by atoms with van der Waals surface area (Å²) in [5, 5.41) is 0. The minimum atomic E-state index is -4.64. The number of hydrogen-bond donors (Lipinski definition) is 0. The molecule has 0 amide bonds. The number of unbranched alkanes of at least 4 members (excludes halogenated alkanes) is 36. The minimum absolute atomic E-state index is 0.0340. The number of hydrogen-bond acceptors (Lipinski definition) is 8. The van der Waals surface area contributed by atoms with Crippen LogP contribution in [0.25, 0.3) is 0 Å². The second-order valence-corrected chi connectivity index (χ2v) is 24.5. The van der Waals surface area contributed by atoms with Crippen molar-refractivity contribution < 1.29 is 42.1 Å². The van der Waals surface area contributed by atoms with Gasteiger partial charge in [-0.1, -0.05) is 293 Å². The molecule has 0 spiro atoms. The van der Waals surface area contributed by atoms with Crippen LogP contribution in [0.3, 0.4) is 0 Å². The number of carbonyl (C=O) groups excluding carboxylic acids is 2. The summed E-state index contributed by atoms with van der Waals surface area (Å²) in [5.41, 5.74) is 0. The minimum Gasteiger partial charge on any atom is -0.756 e. The molecule has 0 aliphatic heterocycles. The Balaban J connectivity index is 4.06. The zero-order chi connectivity index (χ0) is 56.3. The normalized spacial score (nSPS) is 13.6. The number of allylic oxidation sites excluding steroid dienone is 10. The average Bonchev–Trinajstić information content (AvgIpc) is 3.39. The summed E-state index contributed by atoms with van der Waals surface area (Å²) in [5.74, 6) is -0.835. The third-order valence-corrected chi connectivity index (χ3v) is 15.3. The molecule has 0 heterocycles. The van der Waals surface area contributed by atoms with Gasteiger partial charge < -0.3 is 27.9 Å². The standard InChI is InChI=1S/C67H124NO8P/c1-6-8-10-12-14-16-18-20-22-24-26-28-30-31-32-33-34-35-36-38-39-41-43-45-47-49-51-53-55-57-59-66(69)73-63-65(64-75-77(71,72)74-62-61-68(3,4)5)76-67(70)60-58-56-54-52-50-48-46-44-42-40-37-29-27-25-23-21-19-17-15-13-11-9-7-2/h9,11,15,17,21,23,27,29,40,42,65H,6-8,10,12-14,16,18-20,22,24-26,28,30-39,41,43-64H2,1-5H3/b11-9-,17-15-,23-21-,29-27-,42-40-. The molecule has 0 aromatic heterocycles. The maximum atomic E-state index is 12.8. The molecule has 77 heavy (non-hydrogen) atoms. The Morgan fingerprint density at radius 1 is 0.416 bits per heavy atom. The van der Waals surface area contributed by atoms with Gasteiger partial charge in [0.05, 0.1) is 27.7 Å². The van der Waals surface area contributed by atoms with E-state index in [-0.39, 0.29) is 32.0 Å². The van der Waals surface area contributed by atoms with E-state index in [1.165, 1.54) is 193 Å². The molecule has 9 nitrogen and oxygen atoms in total. The number of carbonyl (C=O) groups is 2. The van der Waals surface area contributed by atoms with Gasteiger partial charge in [0.25, 0.3) is 7.82 Å². The Labute approximate surface area is 476 Å². The number of esters is 2. The van der Waals surface area contributed by atoms with Crippen molar-refractivity contribution in [3.05, 3.63) is 60.8 Å². The van der Waals surface area contributed by atoms with Gasteiger partial charge in [-0.05, 0) is 57.8 Å². The Bertz CT molecular complexity index is 1480. The van der Waals surface area contributed by atoms with Gasteiger partial charge in [0.2, 0.25) is 0 Å². The van der Waals surface area contributed by atoms with Crippen molar-refractivity contribution >= 4 is 19.8 Å². The highest BCUT2D eigenvalue weighted by Crippen LogP contribution is 2.38. The van der Waals surface area contributed by atoms with Crippen molar-refractivity contribution in [1.82, 2.24) is 0 Å². The molecule has 0 saturated carbocycles. The molecule has 0 radical (unpaired) electrons. The Hall–Kier alpha value is -2.29. The van der Waals surface area contributed by atoms with Gasteiger partial charge in [-0.15, -0.1) is 0 Å². The van der Waals surface area contributed by atoms with Crippen LogP contribution in [0, 0.1) is 0 Å². The van der Waals surface area contributed by atoms with Crippen molar-refractivity contribution in [3.63, 3.8) is 0 Å². The van der Waals surface area contributed by atoms with Gasteiger partial charge in [0.15, 0.2) is 6.10 Å². The van der Waals surface area contributed by atoms with Crippen LogP contribution in [-0.2, 0) is 32.7 Å². The van der Waals surface area contributed by atoms with E-state index < -0.39 is 26.5 Å². The number of likely N-dealkylation sites (N-methyl/N-ethyl adjacent to an activating group) is 1. The van der Waals surface area contributed by atoms with Crippen molar-refractivity contribution in [2.45, 2.75) is 309 Å². The molecule has 0 aliphatic carbocycles. The number of phosphoric acid groups is 1. The number of nitrogens with zero attached hydrogens (tertiary/aromatic N) is 1. The molecule has 0 fully saturated rings. The fourth-order valence-corrected chi connectivity index (χ4v) is 10.1. The van der Waals surface area contributed by atoms with E-state index in [1.54, 1.807) is 0 Å². The highest BCUT2D eigenvalue weighted by Gasteiger charge is 2.22. The molecular weight excluding hydrogens is 978 g/mol. The lowest BCUT2D eigenvalue weighted by molar-refractivity contribution is -0.870. The smallest absolute Gasteiger partial charge is 0.306 e. The zero-order valence-corrected chi connectivity index (χ0v) is 52.1. The van der Waals surface area contributed by atoms with E-state index in [1.807, 2.05) is 21.1 Å². The molecule has 0 N–H and O–H groups in total. The molecule has 10 heteroatoms. The lowest BCUT2D eigenvalue weighted by Crippen LogP contribution is -2.37. The number of phosphoric ester groups is 1. The highest BCUT2D eigenvalue weighted by atomic mass is 31.2. The van der Waals surface area contributed by atoms with E-state index in [9.17, 15) is 19.0 Å². The summed E-state index contributed by atoms with van der Waals surface area (Å²) in [6.07, 6.45) is 75.8. The van der Waals surface area contributed by atoms with Gasteiger partial charge in [0.1, 0.15) is 19.8 Å². The number of ether oxygens (including phenoxy) is 2. The SMILES string of the molecule is CC/C=C\C/C=C\C/C=C\C/C=C\C/C=C\CCCCCCCCCC(=O)OC(COC(=O)CCCCCCCCCCCCCCCCCCCCCCCCCCCCCCCC)COP(=O)([O-])OCC[N+](C)(C)C. The molecule has 2 atom stereocenters. The van der Waals surface area contributed by atoms with Crippen molar-refractivity contribution in [2.24, 2.45) is 0 Å². The maximum Gasteiger partial charge on any atom is 0.306 e. The first-order chi connectivity index (χ1) is 37.5. The van der Waals surface area contributed by atoms with Crippen molar-refractivity contribution in [1.29, 1.82) is 0 Å². The first-order valence-electron chi connectivity index (χ1n) is 32.5. The van der Waals surface area contributed by atoms with E-state index in [0.717, 1.165) is 77.0 Å². The van der Waals surface area contributed by atoms with E-state index >= 15 is 0 Å². The van der Waals surface area contributed by atoms with Crippen molar-refractivity contribution in [3.8, 4) is 0 Å². The van der Waals surface area contributed by atoms with E-state index in [2.05, 4.69) is 74.6 Å². The fraction of sp³-hybridized carbons (Fsp3) is 0.821. The first kappa shape index (κ1) is 74.7. The molecule has 0 rings (SSSR count). The predicted molar refractivity (Wildman–Crippen MR) is 328 cm³/mol. The highest BCUT2D eigenvalue weighted by molar-refractivity contribution is 7.45. The first-order valence-corrected chi connectivity index (χ1v) is 34.0. The molecule has 450 valence electrons. The molecule has 0 aromatic carbocycles. The van der Waals surface area contributed by atoms with E-state index in [0.29, 0.717) is 17.4 Å². The summed E-state index contributed by atoms with van der Waals surface area (Å²) in [6.45, 7) is 4.16. The van der Waals surface area contributed by atoms with Crippen LogP contribution in [0.5, 0.6) is 0 Å². The monoisotopic (exact) mass is 1100 g/mol. The van der Waals surface area contributed by atoms with Crippen LogP contribution in [-0.4, -0.2) is 70.0 Å². The van der Waals surface area contributed by atoms with Crippen LogP contribution in [0.15, 0.2) is 60.8 Å². The molecule has 0 aromatic rings. The Morgan fingerprint density at radius 2 is 0.740 bits per heavy atom. The third kappa shape index (κ3) is 62.8. The lowest BCUT2D eigenvalue weighted by atomic mass is 10.0. The molecular formula is C67H124NO8P. The lowest BCUT2D eigenvalue weighted by Gasteiger charge is -2.28. The van der Waals surface area contributed by atoms with Crippen LogP contribution < -0.4 is 4.89 Å². The third-order valence-electron chi connectivity index (χ3n) is 14.3. The molecule has 2 unspecified atom stereocenters. The van der Waals surface area contributed by atoms with Gasteiger partial charge in [0, 0.05) is 12.8 Å². The predicted octanol–water partition coefficient (Wildman–Crippen LogP) is 20.0. The molecule has 0 saturated heterocycles. The maximum absolute atomic E-state index is 12.8. The van der Waals surface area contributed by atoms with Crippen molar-refractivity contribution in [2.75, 3.05) is 47.5 Å². The Kier molecular flexibility index (Phi) is 56.6. The van der Waals surface area contributed by atoms with Gasteiger partial charge in [-0.2, -0.15) is 0 Å². The van der Waals surface area contributed by atoms with Crippen LogP contribution >= 0.6 is 7.82 Å². The number of rotatable bonds is 60. The van der Waals surface area contributed by atoms with Gasteiger partial charge in [-0.3, -0.25) is 14.2 Å². The summed E-state index contributed by atoms with van der Waals surface area (Å²) < 4.78 is 34.2. The Morgan fingerprint density at radius 3 is 1.10 bits per heavy atom. The average molecular weight is 1100 g/mol. The summed E-state index contributed by atoms with van der Waals surface area (Å²) in [6, 6.07) is 0. The van der Waals surface area contributed by atoms with Crippen LogP contribution in [0.2, 0.25) is 0 Å². The molecule has 0 bridgehead atoms. The second kappa shape index (κ2) is 58.4. The van der Waals surface area contributed by atoms with E-state index in [4.69, 9.17) is 18.5 Å². The largest absolute Gasteiger partial charge is 0.756 e. The van der Waals surface area contributed by atoms with Gasteiger partial charge in [-0.25, -0.2) is 0 Å². The summed E-state index contributed by atoms with van der Waals surface area (Å²) in [4.78, 5) is 38.0. The topological polar surface area (TPSA) is 111 Å². The summed E-state index contributed by atoms with van der Waals surface area (Å²) in [7, 11) is 1.16. The zero-order valence-electron chi connectivity index (χ0n) is 51.2. The second-order valence-electron chi connectivity index (χ2n) is 23.1. The number of quaternary nitrogens is 1. The summed E-state index contributed by atoms with van der Waals surface area (Å²) >= 11 is 0.